The van der Waals surface area contributed by atoms with E-state index in [0.29, 0.717) is 6.54 Å². The molecular weight excluding hydrogens is 420 g/mol. The summed E-state index contributed by atoms with van der Waals surface area (Å²) in [6.45, 7) is 0.950. The number of nitrogens with zero attached hydrogens (tertiary/aromatic N) is 3. The van der Waals surface area contributed by atoms with Crippen molar-refractivity contribution in [2.45, 2.75) is 13.1 Å². The van der Waals surface area contributed by atoms with Crippen molar-refractivity contribution in [2.75, 3.05) is 7.11 Å². The van der Waals surface area contributed by atoms with Gasteiger partial charge in [0.15, 0.2) is 0 Å². The van der Waals surface area contributed by atoms with Crippen LogP contribution < -0.4 is 10.1 Å². The molecule has 0 aliphatic heterocycles. The van der Waals surface area contributed by atoms with E-state index in [1.165, 1.54) is 25.3 Å². The molecular formula is C25H22N4O4. The van der Waals surface area contributed by atoms with E-state index in [1.54, 1.807) is 6.20 Å². The number of nitro benzene ring substituents is 1. The Bertz CT molecular complexity index is 1270. The number of non-ortho nitro benzene ring substituents is 1. The highest BCUT2D eigenvalue weighted by Gasteiger charge is 2.18. The van der Waals surface area contributed by atoms with Crippen LogP contribution in [0.3, 0.4) is 0 Å². The summed E-state index contributed by atoms with van der Waals surface area (Å²) in [7, 11) is 1.42. The van der Waals surface area contributed by atoms with Gasteiger partial charge in [0.1, 0.15) is 5.75 Å². The Morgan fingerprint density at radius 3 is 2.58 bits per heavy atom. The van der Waals surface area contributed by atoms with Gasteiger partial charge in [-0.1, -0.05) is 48.5 Å². The molecule has 0 unspecified atom stereocenters. The van der Waals surface area contributed by atoms with Crippen LogP contribution in [-0.4, -0.2) is 27.7 Å². The standard InChI is InChI=1S/C25H22N4O4/c1-33-24-12-11-21(29(31)32)15-23(24)25(30)26-16-20-5-2-3-6-22(20)19-9-7-18(8-10-19)17-28-14-4-13-27-28/h2-15H,16-17H2,1H3,(H,26,30). The van der Waals surface area contributed by atoms with E-state index in [9.17, 15) is 14.9 Å². The Morgan fingerprint density at radius 2 is 1.88 bits per heavy atom. The lowest BCUT2D eigenvalue weighted by atomic mass is 9.98. The van der Waals surface area contributed by atoms with Gasteiger partial charge in [-0.05, 0) is 34.4 Å². The van der Waals surface area contributed by atoms with Crippen molar-refractivity contribution in [3.8, 4) is 16.9 Å². The minimum absolute atomic E-state index is 0.118. The molecule has 3 aromatic carbocycles. The number of methoxy groups -OCH3 is 1. The molecule has 4 rings (SSSR count). The van der Waals surface area contributed by atoms with E-state index < -0.39 is 10.8 Å². The molecule has 1 N–H and O–H groups in total. The summed E-state index contributed by atoms with van der Waals surface area (Å²) in [5.41, 5.74) is 4.02. The molecule has 8 nitrogen and oxygen atoms in total. The van der Waals surface area contributed by atoms with Crippen LogP contribution in [-0.2, 0) is 13.1 Å². The van der Waals surface area contributed by atoms with E-state index in [2.05, 4.69) is 22.5 Å². The molecule has 0 fully saturated rings. The number of hydrogen-bond donors (Lipinski definition) is 1. The summed E-state index contributed by atoms with van der Waals surface area (Å²) in [6.07, 6.45) is 3.67. The minimum Gasteiger partial charge on any atom is -0.496 e. The number of hydrogen-bond acceptors (Lipinski definition) is 5. The first-order chi connectivity index (χ1) is 16.0. The molecule has 0 aliphatic rings. The van der Waals surface area contributed by atoms with Gasteiger partial charge in [-0.25, -0.2) is 0 Å². The van der Waals surface area contributed by atoms with Crippen molar-refractivity contribution in [1.29, 1.82) is 0 Å². The average Bonchev–Trinajstić information content (AvgIpc) is 3.36. The van der Waals surface area contributed by atoms with Crippen LogP contribution in [0.1, 0.15) is 21.5 Å². The van der Waals surface area contributed by atoms with Gasteiger partial charge in [-0.15, -0.1) is 0 Å². The van der Waals surface area contributed by atoms with E-state index in [-0.39, 0.29) is 23.5 Å². The van der Waals surface area contributed by atoms with Gasteiger partial charge in [0.05, 0.1) is 24.1 Å². The average molecular weight is 442 g/mol. The fourth-order valence-electron chi connectivity index (χ4n) is 3.58. The van der Waals surface area contributed by atoms with Crippen LogP contribution in [0.2, 0.25) is 0 Å². The third-order valence-electron chi connectivity index (χ3n) is 5.26. The maximum atomic E-state index is 12.8. The molecule has 1 aromatic heterocycles. The second-order valence-corrected chi connectivity index (χ2v) is 7.38. The van der Waals surface area contributed by atoms with Crippen LogP contribution in [0.4, 0.5) is 5.69 Å². The van der Waals surface area contributed by atoms with Gasteiger partial charge in [0, 0.05) is 31.1 Å². The summed E-state index contributed by atoms with van der Waals surface area (Å²) < 4.78 is 7.07. The lowest BCUT2D eigenvalue weighted by molar-refractivity contribution is -0.384. The van der Waals surface area contributed by atoms with Gasteiger partial charge < -0.3 is 10.1 Å². The molecule has 0 spiro atoms. The normalized spacial score (nSPS) is 10.6. The zero-order valence-corrected chi connectivity index (χ0v) is 18.0. The fourth-order valence-corrected chi connectivity index (χ4v) is 3.58. The van der Waals surface area contributed by atoms with E-state index >= 15 is 0 Å². The van der Waals surface area contributed by atoms with Crippen LogP contribution in [0.25, 0.3) is 11.1 Å². The van der Waals surface area contributed by atoms with Crippen molar-refractivity contribution >= 4 is 11.6 Å². The topological polar surface area (TPSA) is 99.3 Å². The molecule has 8 heteroatoms. The molecule has 1 amide bonds. The monoisotopic (exact) mass is 442 g/mol. The second kappa shape index (κ2) is 9.78. The SMILES string of the molecule is COc1ccc([N+](=O)[O-])cc1C(=O)NCc1ccccc1-c1ccc(Cn2cccn2)cc1. The van der Waals surface area contributed by atoms with Gasteiger partial charge in [-0.2, -0.15) is 5.10 Å². The van der Waals surface area contributed by atoms with E-state index in [0.717, 1.165) is 22.3 Å². The number of benzene rings is 3. The van der Waals surface area contributed by atoms with Gasteiger partial charge in [0.25, 0.3) is 11.6 Å². The number of carbonyl (C=O) groups excluding carboxylic acids is 1. The molecule has 33 heavy (non-hydrogen) atoms. The smallest absolute Gasteiger partial charge is 0.270 e. The fraction of sp³-hybridized carbons (Fsp3) is 0.120. The maximum absolute atomic E-state index is 12.8. The van der Waals surface area contributed by atoms with Crippen molar-refractivity contribution in [1.82, 2.24) is 15.1 Å². The molecule has 0 aliphatic carbocycles. The molecule has 166 valence electrons. The summed E-state index contributed by atoms with van der Waals surface area (Å²) in [6, 6.07) is 21.8. The summed E-state index contributed by atoms with van der Waals surface area (Å²) in [5, 5.41) is 18.2. The Balaban J connectivity index is 1.51. The first-order valence-corrected chi connectivity index (χ1v) is 10.3. The van der Waals surface area contributed by atoms with Crippen molar-refractivity contribution in [3.05, 3.63) is 112 Å². The Labute approximate surface area is 190 Å². The highest BCUT2D eigenvalue weighted by Crippen LogP contribution is 2.26. The number of amides is 1. The van der Waals surface area contributed by atoms with Crippen molar-refractivity contribution in [3.63, 3.8) is 0 Å². The molecule has 0 bridgehead atoms. The Hall–Kier alpha value is -4.46. The number of ether oxygens (including phenoxy) is 1. The molecule has 0 atom stereocenters. The largest absolute Gasteiger partial charge is 0.496 e. The quantitative estimate of drug-likeness (QED) is 0.321. The number of aromatic nitrogens is 2. The molecule has 1 heterocycles. The van der Waals surface area contributed by atoms with Crippen LogP contribution in [0, 0.1) is 10.1 Å². The predicted octanol–water partition coefficient (Wildman–Crippen LogP) is 4.45. The molecule has 0 saturated heterocycles. The lowest BCUT2D eigenvalue weighted by Crippen LogP contribution is -2.23. The summed E-state index contributed by atoms with van der Waals surface area (Å²) in [5.74, 6) is -0.168. The highest BCUT2D eigenvalue weighted by atomic mass is 16.6. The number of nitro groups is 1. The lowest BCUT2D eigenvalue weighted by Gasteiger charge is -2.13. The number of nitrogens with one attached hydrogen (secondary N) is 1. The maximum Gasteiger partial charge on any atom is 0.270 e. The van der Waals surface area contributed by atoms with Crippen LogP contribution in [0.15, 0.2) is 85.2 Å². The number of rotatable bonds is 8. The van der Waals surface area contributed by atoms with Gasteiger partial charge in [-0.3, -0.25) is 19.6 Å². The summed E-state index contributed by atoms with van der Waals surface area (Å²) >= 11 is 0. The van der Waals surface area contributed by atoms with E-state index in [1.807, 2.05) is 53.3 Å². The first-order valence-electron chi connectivity index (χ1n) is 10.3. The predicted molar refractivity (Wildman–Crippen MR) is 124 cm³/mol. The molecule has 4 aromatic rings. The second-order valence-electron chi connectivity index (χ2n) is 7.38. The molecule has 0 saturated carbocycles. The Morgan fingerprint density at radius 1 is 1.09 bits per heavy atom. The van der Waals surface area contributed by atoms with Crippen molar-refractivity contribution < 1.29 is 14.5 Å². The first kappa shape index (κ1) is 21.8. The van der Waals surface area contributed by atoms with Gasteiger partial charge in [0.2, 0.25) is 0 Å². The van der Waals surface area contributed by atoms with Crippen LogP contribution in [0.5, 0.6) is 5.75 Å². The highest BCUT2D eigenvalue weighted by molar-refractivity contribution is 5.97. The van der Waals surface area contributed by atoms with Crippen LogP contribution >= 0.6 is 0 Å². The van der Waals surface area contributed by atoms with E-state index in [4.69, 9.17) is 4.74 Å². The van der Waals surface area contributed by atoms with Crippen molar-refractivity contribution in [2.24, 2.45) is 0 Å². The minimum atomic E-state index is -0.540. The Kier molecular flexibility index (Phi) is 6.45. The zero-order chi connectivity index (χ0) is 23.2. The third kappa shape index (κ3) is 5.07. The zero-order valence-electron chi connectivity index (χ0n) is 18.0. The van der Waals surface area contributed by atoms with Gasteiger partial charge >= 0.3 is 0 Å². The number of carbonyl (C=O) groups is 1. The molecule has 0 radical (unpaired) electrons. The summed E-state index contributed by atoms with van der Waals surface area (Å²) in [4.78, 5) is 23.4. The third-order valence-corrected chi connectivity index (χ3v) is 5.26.